The molecule has 1 N–H and O–H groups in total. The number of alkyl halides is 3. The average Bonchev–Trinajstić information content (AvgIpc) is 2.80. The Hall–Kier alpha value is -2.16. The Bertz CT molecular complexity index is 856. The summed E-state index contributed by atoms with van der Waals surface area (Å²) in [5.74, 6) is -1.33. The molecule has 1 saturated heterocycles. The fourth-order valence-corrected chi connectivity index (χ4v) is 5.65. The molecule has 176 valence electrons. The number of halogens is 3. The Labute approximate surface area is 185 Å². The van der Waals surface area contributed by atoms with Gasteiger partial charge in [0.15, 0.2) is 0 Å². The lowest BCUT2D eigenvalue weighted by Crippen LogP contribution is -2.56. The summed E-state index contributed by atoms with van der Waals surface area (Å²) in [5.41, 5.74) is 0.114. The van der Waals surface area contributed by atoms with Crippen LogP contribution in [0.25, 0.3) is 0 Å². The second-order valence-corrected chi connectivity index (χ2v) is 10.3. The number of hydrogen-bond acceptors (Lipinski definition) is 5. The first-order valence-electron chi connectivity index (χ1n) is 11.1. The normalized spacial score (nSPS) is 31.6. The predicted molar refractivity (Wildman–Crippen MR) is 110 cm³/mol. The minimum absolute atomic E-state index is 0.0533. The number of fused-ring (bicyclic) bond motifs is 2. The summed E-state index contributed by atoms with van der Waals surface area (Å²) in [5, 5.41) is 3.52. The molecule has 0 spiro atoms. The van der Waals surface area contributed by atoms with E-state index in [-0.39, 0.29) is 23.8 Å². The maximum Gasteiger partial charge on any atom is 0.397 e. The van der Waals surface area contributed by atoms with E-state index in [0.29, 0.717) is 19.5 Å². The molecule has 3 bridgehead atoms. The van der Waals surface area contributed by atoms with Gasteiger partial charge in [0, 0.05) is 31.2 Å². The summed E-state index contributed by atoms with van der Waals surface area (Å²) >= 11 is 0. The van der Waals surface area contributed by atoms with Crippen LogP contribution >= 0.6 is 0 Å². The molecule has 2 heterocycles. The molecule has 2 aliphatic carbocycles. The van der Waals surface area contributed by atoms with E-state index in [1.165, 1.54) is 4.90 Å². The molecule has 1 aromatic heterocycles. The average molecular weight is 454 g/mol. The lowest BCUT2D eigenvalue weighted by atomic mass is 9.74. The smallest absolute Gasteiger partial charge is 0.397 e. The summed E-state index contributed by atoms with van der Waals surface area (Å²) in [6.07, 6.45) is -3.44. The van der Waals surface area contributed by atoms with E-state index in [9.17, 15) is 22.8 Å². The van der Waals surface area contributed by atoms with Crippen molar-refractivity contribution in [3.05, 3.63) is 30.1 Å². The van der Waals surface area contributed by atoms with Crippen molar-refractivity contribution in [3.63, 3.8) is 0 Å². The van der Waals surface area contributed by atoms with Crippen molar-refractivity contribution in [1.29, 1.82) is 0 Å². The van der Waals surface area contributed by atoms with Crippen molar-refractivity contribution in [2.45, 2.75) is 70.9 Å². The van der Waals surface area contributed by atoms with Crippen molar-refractivity contribution in [2.75, 3.05) is 6.54 Å². The molecule has 9 heteroatoms. The zero-order chi connectivity index (χ0) is 23.3. The second-order valence-electron chi connectivity index (χ2n) is 10.3. The fraction of sp³-hybridized carbons (Fsp3) is 0.696. The van der Waals surface area contributed by atoms with Gasteiger partial charge in [-0.15, -0.1) is 0 Å². The number of nitrogens with zero attached hydrogens (tertiary/aromatic N) is 2. The van der Waals surface area contributed by atoms with Gasteiger partial charge in [-0.25, -0.2) is 0 Å². The van der Waals surface area contributed by atoms with Crippen LogP contribution in [-0.4, -0.2) is 52.7 Å². The van der Waals surface area contributed by atoms with Gasteiger partial charge < -0.3 is 15.0 Å². The molecule has 4 rings (SSSR count). The van der Waals surface area contributed by atoms with Crippen molar-refractivity contribution >= 4 is 11.9 Å². The minimum atomic E-state index is -4.57. The number of ether oxygens (including phenoxy) is 1. The van der Waals surface area contributed by atoms with Gasteiger partial charge in [-0.05, 0) is 57.6 Å². The van der Waals surface area contributed by atoms with Crippen LogP contribution < -0.4 is 5.32 Å². The van der Waals surface area contributed by atoms with Crippen molar-refractivity contribution < 1.29 is 27.5 Å². The Morgan fingerprint density at radius 2 is 1.91 bits per heavy atom. The van der Waals surface area contributed by atoms with Crippen LogP contribution in [0.5, 0.6) is 0 Å². The van der Waals surface area contributed by atoms with Gasteiger partial charge in [-0.1, -0.05) is 6.07 Å². The number of carbonyl (C=O) groups excluding carboxylic acids is 2. The van der Waals surface area contributed by atoms with Crippen LogP contribution in [0.15, 0.2) is 24.4 Å². The molecule has 1 aliphatic heterocycles. The maximum absolute atomic E-state index is 13.0. The number of nitrogens with one attached hydrogen (secondary N) is 1. The second kappa shape index (κ2) is 8.32. The van der Waals surface area contributed by atoms with Crippen LogP contribution in [0.2, 0.25) is 0 Å². The third kappa shape index (κ3) is 4.63. The number of piperidine rings is 1. The van der Waals surface area contributed by atoms with E-state index in [0.717, 1.165) is 12.1 Å². The molecule has 0 radical (unpaired) electrons. The number of carbonyl (C=O) groups is 2. The van der Waals surface area contributed by atoms with Gasteiger partial charge in [0.05, 0.1) is 17.2 Å². The number of aromatic nitrogens is 1. The lowest BCUT2D eigenvalue weighted by molar-refractivity contribution is -0.173. The molecule has 3 unspecified atom stereocenters. The molecule has 1 aromatic rings. The third-order valence-corrected chi connectivity index (χ3v) is 6.92. The molecule has 2 saturated carbocycles. The van der Waals surface area contributed by atoms with Gasteiger partial charge in [0.25, 0.3) is 0 Å². The molecule has 1 amide bonds. The summed E-state index contributed by atoms with van der Waals surface area (Å²) in [4.78, 5) is 31.1. The Morgan fingerprint density at radius 1 is 1.19 bits per heavy atom. The number of esters is 1. The molecular weight excluding hydrogens is 423 g/mol. The highest BCUT2D eigenvalue weighted by Gasteiger charge is 2.62. The van der Waals surface area contributed by atoms with E-state index >= 15 is 0 Å². The van der Waals surface area contributed by atoms with Crippen molar-refractivity contribution in [1.82, 2.24) is 15.2 Å². The van der Waals surface area contributed by atoms with E-state index in [1.807, 2.05) is 18.2 Å². The van der Waals surface area contributed by atoms with Gasteiger partial charge in [-0.2, -0.15) is 13.2 Å². The highest BCUT2D eigenvalue weighted by atomic mass is 19.4. The highest BCUT2D eigenvalue weighted by Crippen LogP contribution is 2.52. The van der Waals surface area contributed by atoms with E-state index in [1.54, 1.807) is 27.0 Å². The third-order valence-electron chi connectivity index (χ3n) is 6.92. The lowest BCUT2D eigenvalue weighted by Gasteiger charge is -2.45. The zero-order valence-electron chi connectivity index (χ0n) is 18.6. The van der Waals surface area contributed by atoms with Gasteiger partial charge >= 0.3 is 12.1 Å². The first kappa shape index (κ1) is 23.0. The summed E-state index contributed by atoms with van der Waals surface area (Å²) in [6.45, 7) is 6.04. The first-order chi connectivity index (χ1) is 14.9. The topological polar surface area (TPSA) is 71.5 Å². The van der Waals surface area contributed by atoms with Crippen LogP contribution in [0.1, 0.15) is 45.7 Å². The Balaban J connectivity index is 1.60. The number of amides is 1. The summed E-state index contributed by atoms with van der Waals surface area (Å²) in [6, 6.07) is 5.03. The fourth-order valence-electron chi connectivity index (χ4n) is 5.65. The molecule has 0 aromatic carbocycles. The van der Waals surface area contributed by atoms with Crippen LogP contribution in [0, 0.1) is 23.2 Å². The molecule has 3 fully saturated rings. The molecule has 3 aliphatic rings. The number of pyridine rings is 1. The SMILES string of the molecule is CC(C)(C)C(=O)O[C@@H]1C2C3CC(C[C@@H]1[C@H]3NCc1ccccn1)CN2C(=O)CC(F)(F)F. The zero-order valence-corrected chi connectivity index (χ0v) is 18.6. The molecular formula is C23H30F3N3O3. The summed E-state index contributed by atoms with van der Waals surface area (Å²) in [7, 11) is 0. The molecule has 32 heavy (non-hydrogen) atoms. The highest BCUT2D eigenvalue weighted by molar-refractivity contribution is 5.78. The van der Waals surface area contributed by atoms with Crippen LogP contribution in [0.3, 0.4) is 0 Å². The van der Waals surface area contributed by atoms with E-state index in [4.69, 9.17) is 4.74 Å². The standard InChI is InChI=1S/C23H30F3N3O3/c1-22(2,3)21(31)32-20-16-9-13-8-15(18(16)28-11-14-6-4-5-7-27-14)19(20)29(12-13)17(30)10-23(24,25)26/h4-7,13,15-16,18-20,28H,8-12H2,1-3H3/t13?,15?,16-,18+,19?,20+/m1/s1. The quantitative estimate of drug-likeness (QED) is 0.693. The first-order valence-corrected chi connectivity index (χ1v) is 11.1. The maximum atomic E-state index is 13.0. The van der Waals surface area contributed by atoms with Crippen LogP contribution in [-0.2, 0) is 20.9 Å². The van der Waals surface area contributed by atoms with Gasteiger partial charge in [-0.3, -0.25) is 14.6 Å². The van der Waals surface area contributed by atoms with Crippen molar-refractivity contribution in [3.8, 4) is 0 Å². The van der Waals surface area contributed by atoms with Gasteiger partial charge in [0.1, 0.15) is 12.5 Å². The predicted octanol–water partition coefficient (Wildman–Crippen LogP) is 3.32. The van der Waals surface area contributed by atoms with E-state index in [2.05, 4.69) is 10.3 Å². The molecule has 6 nitrogen and oxygen atoms in total. The van der Waals surface area contributed by atoms with Crippen molar-refractivity contribution in [2.24, 2.45) is 23.2 Å². The summed E-state index contributed by atoms with van der Waals surface area (Å²) < 4.78 is 45.0. The van der Waals surface area contributed by atoms with Crippen LogP contribution in [0.4, 0.5) is 13.2 Å². The monoisotopic (exact) mass is 453 g/mol. The number of rotatable bonds is 5. The Kier molecular flexibility index (Phi) is 5.98. The minimum Gasteiger partial charge on any atom is -0.459 e. The largest absolute Gasteiger partial charge is 0.459 e. The molecule has 6 atom stereocenters. The number of hydrogen-bond donors (Lipinski definition) is 1. The van der Waals surface area contributed by atoms with Gasteiger partial charge in [0.2, 0.25) is 5.91 Å². The number of likely N-dealkylation sites (tertiary alicyclic amines) is 1. The van der Waals surface area contributed by atoms with E-state index < -0.39 is 42.0 Å². The Morgan fingerprint density at radius 3 is 2.53 bits per heavy atom.